The third-order valence-corrected chi connectivity index (χ3v) is 7.78. The molecule has 2 amide bonds. The molecule has 2 aliphatic rings. The molecule has 7 heteroatoms. The summed E-state index contributed by atoms with van der Waals surface area (Å²) in [5.41, 5.74) is 1.86. The standard InChI is InChI=1S/C27H35N3O4/c1-28(2)27(22-8-6-5-7-9-22)16-14-26(15-17-27)20-29(25(32)30(26)19-24(31)34-4)18-21-10-12-23(33-3)13-11-21/h5-13H,14-20H2,1-4H3/t26-,27+. The minimum atomic E-state index is -0.383. The first-order chi connectivity index (χ1) is 16.3. The Morgan fingerprint density at radius 3 is 2.18 bits per heavy atom. The predicted octanol–water partition coefficient (Wildman–Crippen LogP) is 3.88. The van der Waals surface area contributed by atoms with Crippen LogP contribution < -0.4 is 4.74 Å². The van der Waals surface area contributed by atoms with Crippen LogP contribution in [0.15, 0.2) is 54.6 Å². The molecule has 2 fully saturated rings. The second-order valence-electron chi connectivity index (χ2n) is 9.67. The van der Waals surface area contributed by atoms with Crippen molar-refractivity contribution in [2.24, 2.45) is 0 Å². The Balaban J connectivity index is 1.59. The number of carbonyl (C=O) groups is 2. The molecular weight excluding hydrogens is 430 g/mol. The summed E-state index contributed by atoms with van der Waals surface area (Å²) >= 11 is 0. The van der Waals surface area contributed by atoms with E-state index in [1.54, 1.807) is 12.0 Å². The SMILES string of the molecule is COC(=O)CN1C(=O)N(Cc2ccc(OC)cc2)C[C@]12CC[C@](c1ccccc1)(N(C)C)CC2. The molecule has 2 aromatic carbocycles. The number of nitrogens with zero attached hydrogens (tertiary/aromatic N) is 3. The number of amides is 2. The molecule has 1 saturated carbocycles. The van der Waals surface area contributed by atoms with E-state index in [9.17, 15) is 9.59 Å². The number of carbonyl (C=O) groups excluding carboxylic acids is 2. The third-order valence-electron chi connectivity index (χ3n) is 7.78. The van der Waals surface area contributed by atoms with Crippen molar-refractivity contribution in [1.82, 2.24) is 14.7 Å². The first-order valence-corrected chi connectivity index (χ1v) is 11.8. The van der Waals surface area contributed by atoms with E-state index in [2.05, 4.69) is 43.3 Å². The van der Waals surface area contributed by atoms with Gasteiger partial charge in [0.25, 0.3) is 0 Å². The van der Waals surface area contributed by atoms with Crippen LogP contribution >= 0.6 is 0 Å². The van der Waals surface area contributed by atoms with Gasteiger partial charge in [0.1, 0.15) is 12.3 Å². The number of benzene rings is 2. The van der Waals surface area contributed by atoms with Crippen LogP contribution in [0.2, 0.25) is 0 Å². The second kappa shape index (κ2) is 9.66. The molecule has 1 aliphatic heterocycles. The third kappa shape index (κ3) is 4.37. The number of ether oxygens (including phenoxy) is 2. The molecule has 1 heterocycles. The number of methoxy groups -OCH3 is 2. The Bertz CT molecular complexity index is 998. The smallest absolute Gasteiger partial charge is 0.325 e. The van der Waals surface area contributed by atoms with Gasteiger partial charge in [0, 0.05) is 18.6 Å². The van der Waals surface area contributed by atoms with Crippen molar-refractivity contribution in [3.05, 3.63) is 65.7 Å². The Labute approximate surface area is 202 Å². The summed E-state index contributed by atoms with van der Waals surface area (Å²) in [5, 5.41) is 0. The Kier molecular flexibility index (Phi) is 6.84. The van der Waals surface area contributed by atoms with Crippen LogP contribution in [0, 0.1) is 0 Å². The van der Waals surface area contributed by atoms with Gasteiger partial charge in [0.2, 0.25) is 0 Å². The fourth-order valence-corrected chi connectivity index (χ4v) is 5.69. The molecule has 7 nitrogen and oxygen atoms in total. The highest BCUT2D eigenvalue weighted by molar-refractivity contribution is 5.83. The summed E-state index contributed by atoms with van der Waals surface area (Å²) in [7, 11) is 7.28. The minimum Gasteiger partial charge on any atom is -0.497 e. The van der Waals surface area contributed by atoms with E-state index < -0.39 is 0 Å². The second-order valence-corrected chi connectivity index (χ2v) is 9.67. The largest absolute Gasteiger partial charge is 0.497 e. The molecule has 34 heavy (non-hydrogen) atoms. The molecule has 1 spiro atoms. The Hall–Kier alpha value is -3.06. The fourth-order valence-electron chi connectivity index (χ4n) is 5.69. The lowest BCUT2D eigenvalue weighted by Crippen LogP contribution is -2.56. The molecule has 1 saturated heterocycles. The summed E-state index contributed by atoms with van der Waals surface area (Å²) in [5.74, 6) is 0.403. The average molecular weight is 466 g/mol. The number of urea groups is 1. The van der Waals surface area contributed by atoms with E-state index in [0.29, 0.717) is 13.1 Å². The van der Waals surface area contributed by atoms with Gasteiger partial charge in [-0.25, -0.2) is 4.79 Å². The van der Waals surface area contributed by atoms with Crippen LogP contribution in [-0.4, -0.2) is 73.6 Å². The van der Waals surface area contributed by atoms with Crippen molar-refractivity contribution in [3.8, 4) is 5.75 Å². The summed E-state index contributed by atoms with van der Waals surface area (Å²) in [6, 6.07) is 18.3. The molecule has 0 aromatic heterocycles. The van der Waals surface area contributed by atoms with E-state index >= 15 is 0 Å². The van der Waals surface area contributed by atoms with E-state index in [1.807, 2.05) is 35.2 Å². The molecule has 0 N–H and O–H groups in total. The van der Waals surface area contributed by atoms with Crippen LogP contribution in [0.25, 0.3) is 0 Å². The summed E-state index contributed by atoms with van der Waals surface area (Å²) in [6.07, 6.45) is 3.46. The van der Waals surface area contributed by atoms with Crippen molar-refractivity contribution in [2.45, 2.75) is 43.3 Å². The molecule has 1 aliphatic carbocycles. The predicted molar refractivity (Wildman–Crippen MR) is 131 cm³/mol. The van der Waals surface area contributed by atoms with Gasteiger partial charge in [-0.15, -0.1) is 0 Å². The van der Waals surface area contributed by atoms with Gasteiger partial charge in [0.05, 0.1) is 19.8 Å². The lowest BCUT2D eigenvalue weighted by molar-refractivity contribution is -0.142. The van der Waals surface area contributed by atoms with Crippen LogP contribution in [-0.2, 0) is 21.6 Å². The lowest BCUT2D eigenvalue weighted by atomic mass is 9.68. The van der Waals surface area contributed by atoms with Crippen LogP contribution in [0.3, 0.4) is 0 Å². The fraction of sp³-hybridized carbons (Fsp3) is 0.481. The van der Waals surface area contributed by atoms with Gasteiger partial charge in [-0.1, -0.05) is 42.5 Å². The van der Waals surface area contributed by atoms with E-state index in [0.717, 1.165) is 37.0 Å². The lowest BCUT2D eigenvalue weighted by Gasteiger charge is -2.50. The molecule has 4 rings (SSSR count). The summed E-state index contributed by atoms with van der Waals surface area (Å²) < 4.78 is 10.2. The average Bonchev–Trinajstić information content (AvgIpc) is 3.10. The highest BCUT2D eigenvalue weighted by Gasteiger charge is 2.54. The quantitative estimate of drug-likeness (QED) is 0.581. The molecular formula is C27H35N3O4. The van der Waals surface area contributed by atoms with Crippen LogP contribution in [0.4, 0.5) is 4.79 Å². The molecule has 182 valence electrons. The van der Waals surface area contributed by atoms with Gasteiger partial charge >= 0.3 is 12.0 Å². The van der Waals surface area contributed by atoms with Gasteiger partial charge in [-0.3, -0.25) is 9.69 Å². The minimum absolute atomic E-state index is 0.0191. The van der Waals surface area contributed by atoms with Crippen LogP contribution in [0.1, 0.15) is 36.8 Å². The van der Waals surface area contributed by atoms with Gasteiger partial charge in [-0.05, 0) is 63.0 Å². The van der Waals surface area contributed by atoms with E-state index in [4.69, 9.17) is 9.47 Å². The summed E-state index contributed by atoms with van der Waals surface area (Å²) in [6.45, 7) is 1.08. The van der Waals surface area contributed by atoms with Crippen LogP contribution in [0.5, 0.6) is 5.75 Å². The molecule has 0 unspecified atom stereocenters. The van der Waals surface area contributed by atoms with Gasteiger partial charge in [0.15, 0.2) is 0 Å². The van der Waals surface area contributed by atoms with E-state index in [-0.39, 0.29) is 29.6 Å². The number of hydrogen-bond donors (Lipinski definition) is 0. The maximum absolute atomic E-state index is 13.5. The van der Waals surface area contributed by atoms with Gasteiger partial charge < -0.3 is 19.3 Å². The number of rotatable bonds is 7. The van der Waals surface area contributed by atoms with Crippen molar-refractivity contribution in [3.63, 3.8) is 0 Å². The van der Waals surface area contributed by atoms with Gasteiger partial charge in [-0.2, -0.15) is 0 Å². The highest BCUT2D eigenvalue weighted by Crippen LogP contribution is 2.49. The first kappa shape index (κ1) is 24.1. The van der Waals surface area contributed by atoms with Crippen molar-refractivity contribution in [1.29, 1.82) is 0 Å². The normalized spacial score (nSPS) is 24.7. The number of hydrogen-bond acceptors (Lipinski definition) is 5. The Morgan fingerprint density at radius 1 is 0.971 bits per heavy atom. The van der Waals surface area contributed by atoms with Crippen molar-refractivity contribution < 1.29 is 19.1 Å². The van der Waals surface area contributed by atoms with Crippen molar-refractivity contribution in [2.75, 3.05) is 41.4 Å². The molecule has 0 atom stereocenters. The zero-order valence-electron chi connectivity index (χ0n) is 20.6. The first-order valence-electron chi connectivity index (χ1n) is 11.8. The maximum atomic E-state index is 13.5. The zero-order valence-corrected chi connectivity index (χ0v) is 20.6. The molecule has 0 bridgehead atoms. The molecule has 0 radical (unpaired) electrons. The number of esters is 1. The topological polar surface area (TPSA) is 62.3 Å². The maximum Gasteiger partial charge on any atom is 0.325 e. The Morgan fingerprint density at radius 2 is 1.62 bits per heavy atom. The molecule has 2 aromatic rings. The summed E-state index contributed by atoms with van der Waals surface area (Å²) in [4.78, 5) is 31.8. The monoisotopic (exact) mass is 465 g/mol. The van der Waals surface area contributed by atoms with Crippen molar-refractivity contribution >= 4 is 12.0 Å². The zero-order chi connectivity index (χ0) is 24.3. The van der Waals surface area contributed by atoms with E-state index in [1.165, 1.54) is 12.7 Å². The highest BCUT2D eigenvalue weighted by atomic mass is 16.5.